The summed E-state index contributed by atoms with van der Waals surface area (Å²) in [5, 5.41) is 0. The highest BCUT2D eigenvalue weighted by atomic mass is 28.5. The van der Waals surface area contributed by atoms with Gasteiger partial charge in [0.2, 0.25) is 0 Å². The topological polar surface area (TPSA) is 36.9 Å². The van der Waals surface area contributed by atoms with E-state index in [-0.39, 0.29) is 0 Å². The SMILES string of the molecule is CCCCCCCCCCCCCC[SiH]1O[SiH2]O[Si](C)(C)O[Si](C)(C)O1. The first-order chi connectivity index (χ1) is 12.3. The molecule has 26 heavy (non-hydrogen) atoms. The first kappa shape index (κ1) is 24.7. The average molecular weight is 437 g/mol. The molecule has 0 aliphatic carbocycles. The monoisotopic (exact) mass is 436 g/mol. The molecule has 0 aromatic heterocycles. The minimum atomic E-state index is -2.08. The van der Waals surface area contributed by atoms with E-state index < -0.39 is 36.4 Å². The Morgan fingerprint density at radius 3 is 1.73 bits per heavy atom. The molecule has 1 aliphatic heterocycles. The largest absolute Gasteiger partial charge is 0.422 e. The third-order valence-corrected chi connectivity index (χ3v) is 18.3. The molecule has 0 amide bonds. The molecule has 0 aromatic rings. The molecule has 0 N–H and O–H groups in total. The highest BCUT2D eigenvalue weighted by Crippen LogP contribution is 2.22. The maximum Gasteiger partial charge on any atom is 0.313 e. The summed E-state index contributed by atoms with van der Waals surface area (Å²) in [7, 11) is -6.58. The predicted molar refractivity (Wildman–Crippen MR) is 121 cm³/mol. The van der Waals surface area contributed by atoms with E-state index in [2.05, 4.69) is 33.1 Å². The van der Waals surface area contributed by atoms with E-state index in [4.69, 9.17) is 16.5 Å². The zero-order valence-corrected chi connectivity index (χ0v) is 22.7. The molecule has 4 nitrogen and oxygen atoms in total. The van der Waals surface area contributed by atoms with Gasteiger partial charge >= 0.3 is 26.4 Å². The Balaban J connectivity index is 2.00. The number of unbranched alkanes of at least 4 members (excludes halogenated alkanes) is 11. The normalized spacial score (nSPS) is 23.7. The first-order valence-corrected chi connectivity index (χ1v) is 19.5. The van der Waals surface area contributed by atoms with Crippen molar-refractivity contribution >= 4 is 36.4 Å². The van der Waals surface area contributed by atoms with Crippen LogP contribution in [0.5, 0.6) is 0 Å². The third kappa shape index (κ3) is 13.0. The van der Waals surface area contributed by atoms with Gasteiger partial charge in [-0.1, -0.05) is 84.0 Å². The van der Waals surface area contributed by atoms with Gasteiger partial charge < -0.3 is 16.5 Å². The smallest absolute Gasteiger partial charge is 0.313 e. The second-order valence-electron chi connectivity index (χ2n) is 8.56. The second-order valence-corrected chi connectivity index (χ2v) is 20.1. The lowest BCUT2D eigenvalue weighted by atomic mass is 10.1. The molecule has 1 unspecified atom stereocenters. The molecular weight excluding hydrogens is 393 g/mol. The highest BCUT2D eigenvalue weighted by molar-refractivity contribution is 6.84. The fourth-order valence-electron chi connectivity index (χ4n) is 3.54. The van der Waals surface area contributed by atoms with Gasteiger partial charge in [-0.25, -0.2) is 0 Å². The lowest BCUT2D eigenvalue weighted by Gasteiger charge is -2.38. The summed E-state index contributed by atoms with van der Waals surface area (Å²) in [5.74, 6) is 0. The molecule has 0 bridgehead atoms. The van der Waals surface area contributed by atoms with Crippen molar-refractivity contribution < 1.29 is 16.5 Å². The molecule has 1 aliphatic rings. The van der Waals surface area contributed by atoms with Gasteiger partial charge in [0.05, 0.1) is 0 Å². The first-order valence-electron chi connectivity index (χ1n) is 11.0. The van der Waals surface area contributed by atoms with Crippen molar-refractivity contribution in [3.05, 3.63) is 0 Å². The van der Waals surface area contributed by atoms with E-state index in [0.29, 0.717) is 0 Å². The minimum Gasteiger partial charge on any atom is -0.422 e. The van der Waals surface area contributed by atoms with Crippen LogP contribution in [0.25, 0.3) is 0 Å². The Morgan fingerprint density at radius 1 is 0.692 bits per heavy atom. The second kappa shape index (κ2) is 13.8. The fourth-order valence-corrected chi connectivity index (χ4v) is 17.5. The van der Waals surface area contributed by atoms with E-state index in [1.54, 1.807) is 0 Å². The lowest BCUT2D eigenvalue weighted by molar-refractivity contribution is 0.271. The summed E-state index contributed by atoms with van der Waals surface area (Å²) < 4.78 is 24.6. The number of hydrogen-bond acceptors (Lipinski definition) is 4. The molecular formula is C18H44O4Si4. The van der Waals surface area contributed by atoms with Gasteiger partial charge in [0.25, 0.3) is 10.0 Å². The van der Waals surface area contributed by atoms with Crippen LogP contribution in [-0.4, -0.2) is 36.4 Å². The quantitative estimate of drug-likeness (QED) is 0.286. The summed E-state index contributed by atoms with van der Waals surface area (Å²) in [5.41, 5.74) is 0. The van der Waals surface area contributed by atoms with Crippen LogP contribution >= 0.6 is 0 Å². The highest BCUT2D eigenvalue weighted by Gasteiger charge is 2.40. The van der Waals surface area contributed by atoms with E-state index in [1.807, 2.05) is 0 Å². The fraction of sp³-hybridized carbons (Fsp3) is 1.00. The van der Waals surface area contributed by atoms with Crippen molar-refractivity contribution in [3.8, 4) is 0 Å². The van der Waals surface area contributed by atoms with E-state index in [9.17, 15) is 0 Å². The molecule has 1 rings (SSSR count). The van der Waals surface area contributed by atoms with Crippen LogP contribution in [0.4, 0.5) is 0 Å². The summed E-state index contributed by atoms with van der Waals surface area (Å²) >= 11 is 0. The van der Waals surface area contributed by atoms with Crippen LogP contribution in [0.1, 0.15) is 84.0 Å². The van der Waals surface area contributed by atoms with Gasteiger partial charge in [0, 0.05) is 0 Å². The summed E-state index contributed by atoms with van der Waals surface area (Å²) in [6.45, 7) is 10.8. The molecule has 0 saturated carbocycles. The Labute approximate surface area is 169 Å². The molecule has 8 heteroatoms. The third-order valence-electron chi connectivity index (χ3n) is 4.86. The van der Waals surface area contributed by atoms with Crippen molar-refractivity contribution in [2.75, 3.05) is 0 Å². The van der Waals surface area contributed by atoms with Crippen molar-refractivity contribution in [2.24, 2.45) is 0 Å². The van der Waals surface area contributed by atoms with Gasteiger partial charge in [-0.15, -0.1) is 0 Å². The van der Waals surface area contributed by atoms with Gasteiger partial charge in [0.15, 0.2) is 0 Å². The Kier molecular flexibility index (Phi) is 13.1. The van der Waals surface area contributed by atoms with Crippen LogP contribution < -0.4 is 0 Å². The van der Waals surface area contributed by atoms with Gasteiger partial charge in [-0.05, 0) is 32.2 Å². The maximum absolute atomic E-state index is 6.34. The maximum atomic E-state index is 6.34. The average Bonchev–Trinajstić information content (AvgIpc) is 2.53. The van der Waals surface area contributed by atoms with Crippen molar-refractivity contribution in [1.29, 1.82) is 0 Å². The van der Waals surface area contributed by atoms with Crippen molar-refractivity contribution in [1.82, 2.24) is 0 Å². The standard InChI is InChI=1S/C18H44O4Si4/c1-6-7-8-9-10-11-12-13-14-15-16-17-18-24-19-23-20-25(2,3)22-26(4,5)21-24/h24H,6-18,23H2,1-5H3. The van der Waals surface area contributed by atoms with E-state index >= 15 is 0 Å². The Bertz CT molecular complexity index is 356. The molecule has 0 aromatic carbocycles. The lowest BCUT2D eigenvalue weighted by Crippen LogP contribution is -2.54. The van der Waals surface area contributed by atoms with Crippen LogP contribution in [0, 0.1) is 0 Å². The summed E-state index contributed by atoms with van der Waals surface area (Å²) in [4.78, 5) is 0. The molecule has 0 spiro atoms. The zero-order chi connectivity index (χ0) is 19.3. The van der Waals surface area contributed by atoms with Gasteiger partial charge in [-0.2, -0.15) is 0 Å². The van der Waals surface area contributed by atoms with E-state index in [0.717, 1.165) is 6.04 Å². The van der Waals surface area contributed by atoms with Crippen LogP contribution in [0.3, 0.4) is 0 Å². The van der Waals surface area contributed by atoms with E-state index in [1.165, 1.54) is 77.0 Å². The number of hydrogen-bond donors (Lipinski definition) is 0. The molecule has 1 saturated heterocycles. The Hall–Kier alpha value is 0.708. The predicted octanol–water partition coefficient (Wildman–Crippen LogP) is 5.39. The molecule has 156 valence electrons. The Morgan fingerprint density at radius 2 is 1.19 bits per heavy atom. The molecule has 1 heterocycles. The summed E-state index contributed by atoms with van der Waals surface area (Å²) in [6, 6.07) is 1.12. The molecule has 1 fully saturated rings. The number of rotatable bonds is 13. The van der Waals surface area contributed by atoms with Gasteiger partial charge in [-0.3, -0.25) is 0 Å². The van der Waals surface area contributed by atoms with Crippen LogP contribution in [-0.2, 0) is 16.5 Å². The molecule has 0 radical (unpaired) electrons. The van der Waals surface area contributed by atoms with Crippen LogP contribution in [0.15, 0.2) is 0 Å². The van der Waals surface area contributed by atoms with Crippen LogP contribution in [0.2, 0.25) is 32.2 Å². The minimum absolute atomic E-state index is 0.915. The van der Waals surface area contributed by atoms with Crippen molar-refractivity contribution in [3.63, 3.8) is 0 Å². The zero-order valence-electron chi connectivity index (χ0n) is 18.1. The molecule has 1 atom stereocenters. The summed E-state index contributed by atoms with van der Waals surface area (Å²) in [6.07, 6.45) is 16.7. The van der Waals surface area contributed by atoms with Gasteiger partial charge in [0.1, 0.15) is 0 Å². The van der Waals surface area contributed by atoms with Crippen molar-refractivity contribution in [2.45, 2.75) is 116 Å².